The molecule has 1 amide bonds. The van der Waals surface area contributed by atoms with Crippen molar-refractivity contribution in [2.45, 2.75) is 18.6 Å². The number of esters is 1. The lowest BCUT2D eigenvalue weighted by atomic mass is 9.77. The molecule has 0 N–H and O–H groups in total. The van der Waals surface area contributed by atoms with E-state index in [-0.39, 0.29) is 18.0 Å². The molecule has 2 bridgehead atoms. The minimum Gasteiger partial charge on any atom is -0.469 e. The van der Waals surface area contributed by atoms with Crippen molar-refractivity contribution in [1.82, 2.24) is 0 Å². The van der Waals surface area contributed by atoms with Gasteiger partial charge in [0.1, 0.15) is 11.5 Å². The summed E-state index contributed by atoms with van der Waals surface area (Å²) in [6.07, 6.45) is 3.48. The maximum absolute atomic E-state index is 13.0. The maximum Gasteiger partial charge on any atom is 0.312 e. The van der Waals surface area contributed by atoms with E-state index in [0.29, 0.717) is 6.54 Å². The van der Waals surface area contributed by atoms with Gasteiger partial charge >= 0.3 is 5.97 Å². The topological polar surface area (TPSA) is 55.8 Å². The summed E-state index contributed by atoms with van der Waals surface area (Å²) in [6.45, 7) is 2.42. The van der Waals surface area contributed by atoms with Crippen molar-refractivity contribution >= 4 is 17.6 Å². The Kier molecular flexibility index (Phi) is 2.72. The number of benzene rings is 1. The summed E-state index contributed by atoms with van der Waals surface area (Å²) in [7, 11) is 1.35. The fraction of sp³-hybridized carbons (Fsp3) is 0.412. The van der Waals surface area contributed by atoms with Crippen LogP contribution in [0.15, 0.2) is 36.4 Å². The second kappa shape index (κ2) is 4.43. The second-order valence-electron chi connectivity index (χ2n) is 6.13. The first-order chi connectivity index (χ1) is 10.6. The van der Waals surface area contributed by atoms with Crippen molar-refractivity contribution in [1.29, 1.82) is 0 Å². The van der Waals surface area contributed by atoms with Crippen molar-refractivity contribution in [3.8, 4) is 0 Å². The number of hydrogen-bond acceptors (Lipinski definition) is 4. The molecule has 1 aromatic rings. The number of anilines is 1. The van der Waals surface area contributed by atoms with Gasteiger partial charge in [0, 0.05) is 5.69 Å². The Morgan fingerprint density at radius 3 is 2.91 bits per heavy atom. The Bertz CT molecular complexity index is 698. The lowest BCUT2D eigenvalue weighted by molar-refractivity contribution is -0.149. The van der Waals surface area contributed by atoms with Gasteiger partial charge in [-0.1, -0.05) is 30.4 Å². The fourth-order valence-electron chi connectivity index (χ4n) is 3.97. The van der Waals surface area contributed by atoms with E-state index in [1.807, 2.05) is 43.3 Å². The van der Waals surface area contributed by atoms with Gasteiger partial charge in [0.05, 0.1) is 25.7 Å². The van der Waals surface area contributed by atoms with E-state index in [2.05, 4.69) is 0 Å². The summed E-state index contributed by atoms with van der Waals surface area (Å²) in [5, 5.41) is 0. The Hall–Kier alpha value is -2.14. The number of carbonyl (C=O) groups is 2. The number of carbonyl (C=O) groups excluding carboxylic acids is 2. The molecular weight excluding hydrogens is 282 g/mol. The van der Waals surface area contributed by atoms with Crippen LogP contribution < -0.4 is 4.90 Å². The van der Waals surface area contributed by atoms with Gasteiger partial charge in [-0.05, 0) is 18.6 Å². The van der Waals surface area contributed by atoms with Gasteiger partial charge in [-0.25, -0.2) is 0 Å². The van der Waals surface area contributed by atoms with Crippen LogP contribution in [0, 0.1) is 18.8 Å². The lowest BCUT2D eigenvalue weighted by Gasteiger charge is -2.22. The van der Waals surface area contributed by atoms with Gasteiger partial charge in [-0.3, -0.25) is 9.59 Å². The first-order valence-corrected chi connectivity index (χ1v) is 7.39. The molecule has 4 atom stereocenters. The average molecular weight is 299 g/mol. The highest BCUT2D eigenvalue weighted by Gasteiger charge is 2.67. The SMILES string of the molecule is COC(=O)[C@@H]1[C@H]2C=C[C@@]3(CN(c4ccccc4C)C(=O)[C@@H]13)O2. The summed E-state index contributed by atoms with van der Waals surface area (Å²) in [6, 6.07) is 7.75. The molecule has 0 aliphatic carbocycles. The second-order valence-corrected chi connectivity index (χ2v) is 6.13. The molecule has 0 aromatic heterocycles. The number of ether oxygens (including phenoxy) is 2. The van der Waals surface area contributed by atoms with Crippen LogP contribution in [-0.4, -0.2) is 37.2 Å². The normalized spacial score (nSPS) is 35.1. The fourth-order valence-corrected chi connectivity index (χ4v) is 3.97. The van der Waals surface area contributed by atoms with Gasteiger partial charge in [-0.2, -0.15) is 0 Å². The van der Waals surface area contributed by atoms with Crippen LogP contribution in [0.1, 0.15) is 5.56 Å². The summed E-state index contributed by atoms with van der Waals surface area (Å²) >= 11 is 0. The van der Waals surface area contributed by atoms with Crippen LogP contribution in [0.4, 0.5) is 5.69 Å². The van der Waals surface area contributed by atoms with Crippen molar-refractivity contribution in [2.75, 3.05) is 18.6 Å². The Labute approximate surface area is 128 Å². The third-order valence-electron chi connectivity index (χ3n) is 4.98. The molecule has 0 saturated carbocycles. The molecule has 22 heavy (non-hydrogen) atoms. The number of hydrogen-bond donors (Lipinski definition) is 0. The Morgan fingerprint density at radius 2 is 2.18 bits per heavy atom. The Morgan fingerprint density at radius 1 is 1.41 bits per heavy atom. The highest BCUT2D eigenvalue weighted by molar-refractivity contribution is 6.03. The number of methoxy groups -OCH3 is 1. The number of rotatable bonds is 2. The van der Waals surface area contributed by atoms with Crippen molar-refractivity contribution in [3.63, 3.8) is 0 Å². The molecule has 5 heteroatoms. The van der Waals surface area contributed by atoms with Crippen LogP contribution in [0.2, 0.25) is 0 Å². The van der Waals surface area contributed by atoms with E-state index in [9.17, 15) is 9.59 Å². The lowest BCUT2D eigenvalue weighted by Crippen LogP contribution is -2.39. The molecule has 1 spiro atoms. The molecule has 1 aromatic carbocycles. The number of aryl methyl sites for hydroxylation is 1. The van der Waals surface area contributed by atoms with E-state index < -0.39 is 17.4 Å². The minimum atomic E-state index is -0.692. The van der Waals surface area contributed by atoms with Gasteiger partial charge in [0.25, 0.3) is 0 Å². The smallest absolute Gasteiger partial charge is 0.312 e. The third kappa shape index (κ3) is 1.57. The molecule has 5 nitrogen and oxygen atoms in total. The first-order valence-electron chi connectivity index (χ1n) is 7.39. The average Bonchev–Trinajstić information content (AvgIpc) is 3.15. The standard InChI is InChI=1S/C17H17NO4/c1-10-5-3-4-6-11(10)18-9-17-8-7-12(22-17)13(16(20)21-2)14(17)15(18)19/h3-8,12-14H,9H2,1-2H3/t12-,13-,14-,17+/m1/s1. The number of nitrogens with zero attached hydrogens (tertiary/aromatic N) is 1. The quantitative estimate of drug-likeness (QED) is 0.613. The van der Waals surface area contributed by atoms with Gasteiger partial charge in [-0.15, -0.1) is 0 Å². The summed E-state index contributed by atoms with van der Waals surface area (Å²) < 4.78 is 10.9. The van der Waals surface area contributed by atoms with E-state index in [4.69, 9.17) is 9.47 Å². The largest absolute Gasteiger partial charge is 0.469 e. The van der Waals surface area contributed by atoms with E-state index in [1.54, 1.807) is 4.90 Å². The van der Waals surface area contributed by atoms with Crippen molar-refractivity contribution in [2.24, 2.45) is 11.8 Å². The van der Waals surface area contributed by atoms with Crippen molar-refractivity contribution in [3.05, 3.63) is 42.0 Å². The predicted molar refractivity (Wildman–Crippen MR) is 79.3 cm³/mol. The molecule has 3 aliphatic heterocycles. The van der Waals surface area contributed by atoms with Crippen molar-refractivity contribution < 1.29 is 19.1 Å². The van der Waals surface area contributed by atoms with Gasteiger partial charge < -0.3 is 14.4 Å². The van der Waals surface area contributed by atoms with E-state index >= 15 is 0 Å². The monoisotopic (exact) mass is 299 g/mol. The zero-order valence-corrected chi connectivity index (χ0v) is 12.5. The van der Waals surface area contributed by atoms with Crippen LogP contribution in [0.3, 0.4) is 0 Å². The van der Waals surface area contributed by atoms with E-state index in [0.717, 1.165) is 11.3 Å². The first kappa shape index (κ1) is 13.5. The summed E-state index contributed by atoms with van der Waals surface area (Å²) in [5.74, 6) is -1.47. The van der Waals surface area contributed by atoms with Gasteiger partial charge in [0.2, 0.25) is 5.91 Å². The molecule has 3 heterocycles. The summed E-state index contributed by atoms with van der Waals surface area (Å²) in [4.78, 5) is 26.8. The molecule has 114 valence electrons. The van der Waals surface area contributed by atoms with Crippen LogP contribution in [-0.2, 0) is 19.1 Å². The van der Waals surface area contributed by atoms with E-state index in [1.165, 1.54) is 7.11 Å². The molecule has 2 saturated heterocycles. The number of para-hydroxylation sites is 1. The van der Waals surface area contributed by atoms with Crippen LogP contribution >= 0.6 is 0 Å². The Balaban J connectivity index is 1.75. The minimum absolute atomic E-state index is 0.0587. The zero-order valence-electron chi connectivity index (χ0n) is 12.5. The van der Waals surface area contributed by atoms with Crippen LogP contribution in [0.25, 0.3) is 0 Å². The molecule has 0 radical (unpaired) electrons. The molecular formula is C17H17NO4. The highest BCUT2D eigenvalue weighted by atomic mass is 16.5. The molecule has 3 aliphatic rings. The van der Waals surface area contributed by atoms with Gasteiger partial charge in [0.15, 0.2) is 0 Å². The molecule has 2 fully saturated rings. The summed E-state index contributed by atoms with van der Waals surface area (Å²) in [5.41, 5.74) is 1.21. The maximum atomic E-state index is 13.0. The zero-order chi connectivity index (χ0) is 15.5. The number of amides is 1. The van der Waals surface area contributed by atoms with Crippen LogP contribution in [0.5, 0.6) is 0 Å². The molecule has 0 unspecified atom stereocenters. The molecule has 4 rings (SSSR count). The third-order valence-corrected chi connectivity index (χ3v) is 4.98. The number of fused-ring (bicyclic) bond motifs is 1. The highest BCUT2D eigenvalue weighted by Crippen LogP contribution is 2.53. The predicted octanol–water partition coefficient (Wildman–Crippen LogP) is 1.45.